The van der Waals surface area contributed by atoms with Crippen LogP contribution in [0.3, 0.4) is 0 Å². The summed E-state index contributed by atoms with van der Waals surface area (Å²) in [6.07, 6.45) is -4.35. The maximum Gasteiger partial charge on any atom is 0.406 e. The van der Waals surface area contributed by atoms with E-state index in [-0.39, 0.29) is 6.42 Å². The second-order valence-corrected chi connectivity index (χ2v) is 3.95. The van der Waals surface area contributed by atoms with Gasteiger partial charge in [-0.3, -0.25) is 4.79 Å². The number of hydrogen-bond donors (Lipinski definition) is 2. The molecule has 3 N–H and O–H groups in total. The Balaban J connectivity index is 5.01. The van der Waals surface area contributed by atoms with Gasteiger partial charge in [-0.1, -0.05) is 12.1 Å². The molecule has 17 heavy (non-hydrogen) atoms. The highest BCUT2D eigenvalue weighted by Gasteiger charge is 2.41. The van der Waals surface area contributed by atoms with Crippen molar-refractivity contribution in [2.75, 3.05) is 13.6 Å². The summed E-state index contributed by atoms with van der Waals surface area (Å²) in [7, 11) is 1.02. The molecule has 0 bridgehead atoms. The Morgan fingerprint density at radius 1 is 1.47 bits per heavy atom. The number of nitrogens with two attached hydrogens (primary N) is 1. The minimum atomic E-state index is -4.48. The van der Waals surface area contributed by atoms with E-state index in [1.807, 2.05) is 0 Å². The number of alkyl halides is 3. The van der Waals surface area contributed by atoms with E-state index in [1.54, 1.807) is 6.92 Å². The second kappa shape index (κ2) is 5.24. The number of hydrogen-bond acceptors (Lipinski definition) is 3. The quantitative estimate of drug-likeness (QED) is 0.342. The molecule has 0 fully saturated rings. The molecule has 0 aromatic carbocycles. The fourth-order valence-electron chi connectivity index (χ4n) is 1.31. The molecule has 0 aliphatic heterocycles. The minimum Gasteiger partial charge on any atom is -0.409 e. The number of carbonyl (C=O) groups excluding carboxylic acids is 1. The average Bonchev–Trinajstić information content (AvgIpc) is 2.23. The van der Waals surface area contributed by atoms with Crippen molar-refractivity contribution in [1.82, 2.24) is 4.90 Å². The number of amides is 1. The summed E-state index contributed by atoms with van der Waals surface area (Å²) in [4.78, 5) is 12.3. The summed E-state index contributed by atoms with van der Waals surface area (Å²) >= 11 is 0. The summed E-state index contributed by atoms with van der Waals surface area (Å²) < 4.78 is 36.4. The molecule has 1 atom stereocenters. The van der Waals surface area contributed by atoms with Crippen LogP contribution in [0.4, 0.5) is 13.2 Å². The average molecular weight is 255 g/mol. The van der Waals surface area contributed by atoms with Gasteiger partial charge in [0.25, 0.3) is 0 Å². The van der Waals surface area contributed by atoms with Gasteiger partial charge < -0.3 is 15.8 Å². The highest BCUT2D eigenvalue weighted by molar-refractivity contribution is 6.06. The van der Waals surface area contributed by atoms with Crippen molar-refractivity contribution in [1.29, 1.82) is 0 Å². The lowest BCUT2D eigenvalue weighted by atomic mass is 9.84. The van der Waals surface area contributed by atoms with E-state index < -0.39 is 29.9 Å². The van der Waals surface area contributed by atoms with Gasteiger partial charge in [0, 0.05) is 7.05 Å². The monoisotopic (exact) mass is 255 g/mol. The lowest BCUT2D eigenvalue weighted by Crippen LogP contribution is -2.50. The fraction of sp³-hybridized carbons (Fsp3) is 0.778. The zero-order chi connectivity index (χ0) is 13.9. The van der Waals surface area contributed by atoms with Gasteiger partial charge in [-0.05, 0) is 13.3 Å². The molecule has 0 aromatic rings. The predicted molar refractivity (Wildman–Crippen MR) is 55.5 cm³/mol. The van der Waals surface area contributed by atoms with E-state index in [2.05, 4.69) is 5.16 Å². The number of halogens is 3. The van der Waals surface area contributed by atoms with Crippen LogP contribution in [-0.2, 0) is 4.79 Å². The molecule has 100 valence electrons. The van der Waals surface area contributed by atoms with Crippen molar-refractivity contribution in [2.45, 2.75) is 26.4 Å². The van der Waals surface area contributed by atoms with E-state index in [9.17, 15) is 18.0 Å². The molecule has 0 saturated carbocycles. The summed E-state index contributed by atoms with van der Waals surface area (Å²) in [6, 6.07) is 0. The van der Waals surface area contributed by atoms with E-state index >= 15 is 0 Å². The first-order valence-electron chi connectivity index (χ1n) is 4.88. The van der Waals surface area contributed by atoms with Crippen LogP contribution in [0.25, 0.3) is 0 Å². The van der Waals surface area contributed by atoms with Crippen LogP contribution >= 0.6 is 0 Å². The maximum absolute atomic E-state index is 12.1. The highest BCUT2D eigenvalue weighted by Crippen LogP contribution is 2.26. The molecule has 1 amide bonds. The van der Waals surface area contributed by atoms with Gasteiger partial charge in [0.1, 0.15) is 12.0 Å². The van der Waals surface area contributed by atoms with Crippen LogP contribution in [0.2, 0.25) is 0 Å². The molecule has 0 rings (SSSR count). The topological polar surface area (TPSA) is 78.9 Å². The first kappa shape index (κ1) is 15.5. The van der Waals surface area contributed by atoms with Crippen LogP contribution in [0, 0.1) is 5.41 Å². The Morgan fingerprint density at radius 2 is 1.94 bits per heavy atom. The van der Waals surface area contributed by atoms with Gasteiger partial charge in [-0.25, -0.2) is 0 Å². The molecule has 8 heteroatoms. The van der Waals surface area contributed by atoms with Crippen LogP contribution in [0.5, 0.6) is 0 Å². The molecular weight excluding hydrogens is 239 g/mol. The van der Waals surface area contributed by atoms with Crippen molar-refractivity contribution in [3.05, 3.63) is 0 Å². The van der Waals surface area contributed by atoms with E-state index in [4.69, 9.17) is 10.9 Å². The van der Waals surface area contributed by atoms with Crippen LogP contribution < -0.4 is 5.73 Å². The normalized spacial score (nSPS) is 16.5. The standard InChI is InChI=1S/C9H16F3N3O2/c1-4-8(2,6(13)14-17)7(16)15(3)5-9(10,11)12/h17H,4-5H2,1-3H3,(H2,13,14). The summed E-state index contributed by atoms with van der Waals surface area (Å²) in [5, 5.41) is 11.2. The molecule has 0 aliphatic rings. The van der Waals surface area contributed by atoms with Gasteiger partial charge in [-0.15, -0.1) is 0 Å². The predicted octanol–water partition coefficient (Wildman–Crippen LogP) is 1.17. The number of amidine groups is 1. The molecule has 0 saturated heterocycles. The molecule has 0 radical (unpaired) electrons. The zero-order valence-corrected chi connectivity index (χ0v) is 9.88. The van der Waals surface area contributed by atoms with Crippen molar-refractivity contribution < 1.29 is 23.2 Å². The Kier molecular flexibility index (Phi) is 4.79. The lowest BCUT2D eigenvalue weighted by molar-refractivity contribution is -0.162. The van der Waals surface area contributed by atoms with Gasteiger partial charge in [-0.2, -0.15) is 13.2 Å². The number of carbonyl (C=O) groups is 1. The van der Waals surface area contributed by atoms with Crippen LogP contribution in [0.15, 0.2) is 5.16 Å². The Labute approximate surface area is 97.1 Å². The Morgan fingerprint density at radius 3 is 2.24 bits per heavy atom. The van der Waals surface area contributed by atoms with E-state index in [1.165, 1.54) is 6.92 Å². The zero-order valence-electron chi connectivity index (χ0n) is 9.88. The SMILES string of the molecule is CCC(C)(C(=O)N(C)CC(F)(F)F)C(N)=NO. The Bertz CT molecular complexity index is 317. The summed E-state index contributed by atoms with van der Waals surface area (Å²) in [6.45, 7) is 1.52. The summed E-state index contributed by atoms with van der Waals surface area (Å²) in [5.74, 6) is -1.24. The molecule has 5 nitrogen and oxygen atoms in total. The van der Waals surface area contributed by atoms with Crippen molar-refractivity contribution in [2.24, 2.45) is 16.3 Å². The second-order valence-electron chi connectivity index (χ2n) is 3.95. The van der Waals surface area contributed by atoms with Gasteiger partial charge in [0.15, 0.2) is 5.84 Å². The first-order chi connectivity index (χ1) is 7.58. The molecule has 0 aliphatic carbocycles. The van der Waals surface area contributed by atoms with Crippen molar-refractivity contribution in [3.63, 3.8) is 0 Å². The van der Waals surface area contributed by atoms with Gasteiger partial charge in [0.05, 0.1) is 0 Å². The van der Waals surface area contributed by atoms with Crippen molar-refractivity contribution >= 4 is 11.7 Å². The van der Waals surface area contributed by atoms with Gasteiger partial charge in [0.2, 0.25) is 5.91 Å². The molecular formula is C9H16F3N3O2. The lowest BCUT2D eigenvalue weighted by Gasteiger charge is -2.30. The maximum atomic E-state index is 12.1. The smallest absolute Gasteiger partial charge is 0.406 e. The molecule has 0 spiro atoms. The Hall–Kier alpha value is -1.47. The van der Waals surface area contributed by atoms with E-state index in [0.29, 0.717) is 4.90 Å². The largest absolute Gasteiger partial charge is 0.409 e. The van der Waals surface area contributed by atoms with Crippen molar-refractivity contribution in [3.8, 4) is 0 Å². The molecule has 0 heterocycles. The number of nitrogens with zero attached hydrogens (tertiary/aromatic N) is 2. The van der Waals surface area contributed by atoms with Crippen LogP contribution in [0.1, 0.15) is 20.3 Å². The number of rotatable bonds is 4. The van der Waals surface area contributed by atoms with Gasteiger partial charge >= 0.3 is 6.18 Å². The highest BCUT2D eigenvalue weighted by atomic mass is 19.4. The summed E-state index contributed by atoms with van der Waals surface area (Å²) in [5.41, 5.74) is 3.90. The molecule has 1 unspecified atom stereocenters. The first-order valence-corrected chi connectivity index (χ1v) is 4.88. The third-order valence-electron chi connectivity index (χ3n) is 2.62. The number of oxime groups is 1. The third kappa shape index (κ3) is 3.79. The minimum absolute atomic E-state index is 0.129. The molecule has 0 aromatic heterocycles. The fourth-order valence-corrected chi connectivity index (χ4v) is 1.31. The third-order valence-corrected chi connectivity index (χ3v) is 2.62. The van der Waals surface area contributed by atoms with E-state index in [0.717, 1.165) is 7.05 Å². The van der Waals surface area contributed by atoms with Crippen LogP contribution in [-0.4, -0.2) is 41.6 Å².